The summed E-state index contributed by atoms with van der Waals surface area (Å²) in [6.07, 6.45) is 0.696. The molecule has 0 spiro atoms. The molecular formula is C19H21ClN2O7. The number of esters is 2. The van der Waals surface area contributed by atoms with E-state index < -0.39 is 24.0 Å². The monoisotopic (exact) mass is 424 g/mol. The molecule has 29 heavy (non-hydrogen) atoms. The van der Waals surface area contributed by atoms with Crippen molar-refractivity contribution in [1.29, 1.82) is 0 Å². The zero-order valence-electron chi connectivity index (χ0n) is 16.0. The van der Waals surface area contributed by atoms with Crippen LogP contribution >= 0.6 is 11.6 Å². The van der Waals surface area contributed by atoms with Crippen LogP contribution in [0.15, 0.2) is 23.4 Å². The number of hydrogen-bond donors (Lipinski definition) is 2. The number of fused-ring (bicyclic) bond motifs is 1. The Morgan fingerprint density at radius 1 is 1.21 bits per heavy atom. The van der Waals surface area contributed by atoms with Gasteiger partial charge in [0.15, 0.2) is 11.5 Å². The van der Waals surface area contributed by atoms with Crippen molar-refractivity contribution in [3.63, 3.8) is 0 Å². The molecule has 2 aliphatic rings. The third-order valence-electron chi connectivity index (χ3n) is 4.25. The highest BCUT2D eigenvalue weighted by Gasteiger charge is 2.30. The third-order valence-corrected chi connectivity index (χ3v) is 4.53. The predicted molar refractivity (Wildman–Crippen MR) is 102 cm³/mol. The minimum atomic E-state index is -0.696. The maximum absolute atomic E-state index is 12.5. The summed E-state index contributed by atoms with van der Waals surface area (Å²) >= 11 is 6.20. The lowest BCUT2D eigenvalue weighted by Gasteiger charge is -2.26. The van der Waals surface area contributed by atoms with Crippen LogP contribution in [0.25, 0.3) is 0 Å². The minimum Gasteiger partial charge on any atom is -0.489 e. The number of benzene rings is 1. The summed E-state index contributed by atoms with van der Waals surface area (Å²) in [6, 6.07) is 1.81. The molecule has 0 aliphatic carbocycles. The molecule has 1 atom stereocenters. The Morgan fingerprint density at radius 3 is 2.72 bits per heavy atom. The van der Waals surface area contributed by atoms with Gasteiger partial charge in [-0.25, -0.2) is 14.4 Å². The van der Waals surface area contributed by atoms with Gasteiger partial charge in [-0.2, -0.15) is 0 Å². The van der Waals surface area contributed by atoms with Gasteiger partial charge in [0.05, 0.1) is 47.7 Å². The molecule has 2 heterocycles. The first-order valence-electron chi connectivity index (χ1n) is 9.14. The van der Waals surface area contributed by atoms with E-state index in [9.17, 15) is 14.4 Å². The fourth-order valence-corrected chi connectivity index (χ4v) is 3.23. The van der Waals surface area contributed by atoms with Crippen molar-refractivity contribution in [3.05, 3.63) is 34.0 Å². The minimum absolute atomic E-state index is 0.158. The molecule has 156 valence electrons. The normalized spacial score (nSPS) is 18.3. The highest BCUT2D eigenvalue weighted by atomic mass is 35.5. The largest absolute Gasteiger partial charge is 0.489 e. The Morgan fingerprint density at radius 2 is 1.97 bits per heavy atom. The smallest absolute Gasteiger partial charge is 0.338 e. The summed E-state index contributed by atoms with van der Waals surface area (Å²) in [5, 5.41) is 5.29. The van der Waals surface area contributed by atoms with E-state index in [0.29, 0.717) is 31.1 Å². The summed E-state index contributed by atoms with van der Waals surface area (Å²) in [6.45, 7) is 4.06. The lowest BCUT2D eigenvalue weighted by molar-refractivity contribution is -0.139. The number of ether oxygens (including phenoxy) is 4. The summed E-state index contributed by atoms with van der Waals surface area (Å²) in [7, 11) is 0. The zero-order valence-corrected chi connectivity index (χ0v) is 16.8. The molecular weight excluding hydrogens is 404 g/mol. The molecule has 2 N–H and O–H groups in total. The van der Waals surface area contributed by atoms with E-state index in [1.807, 2.05) is 0 Å². The number of nitrogens with one attached hydrogen (secondary N) is 2. The molecule has 0 saturated carbocycles. The van der Waals surface area contributed by atoms with Crippen molar-refractivity contribution in [3.8, 4) is 11.5 Å². The van der Waals surface area contributed by atoms with Crippen LogP contribution in [0.4, 0.5) is 4.79 Å². The van der Waals surface area contributed by atoms with Crippen molar-refractivity contribution in [2.45, 2.75) is 26.3 Å². The Labute approximate surface area is 172 Å². The predicted octanol–water partition coefficient (Wildman–Crippen LogP) is 2.18. The van der Waals surface area contributed by atoms with E-state index in [-0.39, 0.29) is 35.1 Å². The molecule has 3 rings (SSSR count). The molecule has 0 radical (unpaired) electrons. The summed E-state index contributed by atoms with van der Waals surface area (Å²) in [5.74, 6) is -0.555. The van der Waals surface area contributed by atoms with Crippen LogP contribution < -0.4 is 20.1 Å². The van der Waals surface area contributed by atoms with Gasteiger partial charge in [0.2, 0.25) is 0 Å². The Kier molecular flexibility index (Phi) is 6.48. The molecule has 0 bridgehead atoms. The molecule has 0 saturated heterocycles. The highest BCUT2D eigenvalue weighted by molar-refractivity contribution is 6.32. The van der Waals surface area contributed by atoms with Crippen molar-refractivity contribution in [2.24, 2.45) is 0 Å². The van der Waals surface area contributed by atoms with Crippen LogP contribution in [0, 0.1) is 0 Å². The van der Waals surface area contributed by atoms with Gasteiger partial charge in [-0.1, -0.05) is 11.6 Å². The summed E-state index contributed by atoms with van der Waals surface area (Å²) in [4.78, 5) is 36.5. The number of rotatable bonds is 5. The zero-order chi connectivity index (χ0) is 21.0. The Bertz CT molecular complexity index is 868. The Hall–Kier alpha value is -2.94. The van der Waals surface area contributed by atoms with Crippen molar-refractivity contribution >= 4 is 29.6 Å². The Balaban J connectivity index is 1.79. The summed E-state index contributed by atoms with van der Waals surface area (Å²) < 4.78 is 21.4. The average molecular weight is 425 g/mol. The highest BCUT2D eigenvalue weighted by Crippen LogP contribution is 2.38. The fraction of sp³-hybridized carbons (Fsp3) is 0.421. The van der Waals surface area contributed by atoms with Crippen LogP contribution in [0.1, 0.15) is 30.6 Å². The number of hydrogen-bond acceptors (Lipinski definition) is 7. The second kappa shape index (κ2) is 9.04. The number of carbonyl (C=O) groups excluding carboxylic acids is 3. The van der Waals surface area contributed by atoms with Crippen LogP contribution in [0.5, 0.6) is 11.5 Å². The van der Waals surface area contributed by atoms with Gasteiger partial charge in [-0.3, -0.25) is 0 Å². The third kappa shape index (κ3) is 4.73. The lowest BCUT2D eigenvalue weighted by Crippen LogP contribution is -2.50. The maximum Gasteiger partial charge on any atom is 0.338 e. The van der Waals surface area contributed by atoms with Gasteiger partial charge >= 0.3 is 18.0 Å². The molecule has 2 amide bonds. The van der Waals surface area contributed by atoms with Crippen molar-refractivity contribution in [2.75, 3.05) is 26.4 Å². The first-order chi connectivity index (χ1) is 13.9. The molecule has 1 unspecified atom stereocenters. The van der Waals surface area contributed by atoms with E-state index >= 15 is 0 Å². The van der Waals surface area contributed by atoms with Crippen molar-refractivity contribution in [1.82, 2.24) is 10.6 Å². The summed E-state index contributed by atoms with van der Waals surface area (Å²) in [5.41, 5.74) is 0.510. The molecule has 0 aromatic heterocycles. The topological polar surface area (TPSA) is 112 Å². The number of halogens is 1. The van der Waals surface area contributed by atoms with Crippen molar-refractivity contribution < 1.29 is 33.3 Å². The molecule has 1 aromatic rings. The lowest BCUT2D eigenvalue weighted by atomic mass is 10.0. The molecule has 1 aromatic carbocycles. The average Bonchev–Trinajstić information content (AvgIpc) is 2.91. The van der Waals surface area contributed by atoms with E-state index in [4.69, 9.17) is 30.5 Å². The first-order valence-corrected chi connectivity index (χ1v) is 9.52. The standard InChI is InChI=1S/C19H21ClN2O7/c1-3-26-18(24)15-10(2)21-19(25)22-13(15)9-29-17(23)11-7-12(20)16-14(8-11)27-5-4-6-28-16/h7-8,10H,3-6,9H2,1-2H3,(H2,21,22,25). The molecule has 0 fully saturated rings. The first kappa shape index (κ1) is 20.8. The number of urea groups is 1. The van der Waals surface area contributed by atoms with E-state index in [0.717, 1.165) is 0 Å². The maximum atomic E-state index is 12.5. The number of carbonyl (C=O) groups is 3. The van der Waals surface area contributed by atoms with Crippen LogP contribution in [0.2, 0.25) is 5.02 Å². The molecule has 9 nitrogen and oxygen atoms in total. The van der Waals surface area contributed by atoms with Gasteiger partial charge in [0, 0.05) is 6.42 Å². The van der Waals surface area contributed by atoms with Gasteiger partial charge in [-0.15, -0.1) is 0 Å². The fourth-order valence-electron chi connectivity index (χ4n) is 2.96. The van der Waals surface area contributed by atoms with Crippen LogP contribution in [-0.4, -0.2) is 50.4 Å². The van der Waals surface area contributed by atoms with Gasteiger partial charge in [0.25, 0.3) is 0 Å². The van der Waals surface area contributed by atoms with Crippen LogP contribution in [-0.2, 0) is 14.3 Å². The SMILES string of the molecule is CCOC(=O)C1=C(COC(=O)c2cc(Cl)c3c(c2)OCCCO3)NC(=O)NC1C. The van der Waals surface area contributed by atoms with Gasteiger partial charge in [-0.05, 0) is 26.0 Å². The van der Waals surface area contributed by atoms with E-state index in [1.54, 1.807) is 13.8 Å². The quantitative estimate of drug-likeness (QED) is 0.696. The second-order valence-corrected chi connectivity index (χ2v) is 6.75. The van der Waals surface area contributed by atoms with Crippen LogP contribution in [0.3, 0.4) is 0 Å². The van der Waals surface area contributed by atoms with Gasteiger partial charge in [0.1, 0.15) is 6.61 Å². The van der Waals surface area contributed by atoms with E-state index in [1.165, 1.54) is 12.1 Å². The number of amides is 2. The van der Waals surface area contributed by atoms with E-state index in [2.05, 4.69) is 10.6 Å². The van der Waals surface area contributed by atoms with Gasteiger partial charge < -0.3 is 29.6 Å². The molecule has 10 heteroatoms. The second-order valence-electron chi connectivity index (χ2n) is 6.34. The molecule has 2 aliphatic heterocycles.